The maximum Gasteiger partial charge on any atom is 0.350 e. The first-order valence-corrected chi connectivity index (χ1v) is 4.47. The van der Waals surface area contributed by atoms with Crippen molar-refractivity contribution in [2.75, 3.05) is 11.9 Å². The van der Waals surface area contributed by atoms with Crippen LogP contribution in [0.25, 0.3) is 0 Å². The molecule has 0 fully saturated rings. The van der Waals surface area contributed by atoms with Gasteiger partial charge in [0.15, 0.2) is 0 Å². The van der Waals surface area contributed by atoms with E-state index in [-0.39, 0.29) is 10.8 Å². The highest BCUT2D eigenvalue weighted by molar-refractivity contribution is 6.29. The molecule has 0 radical (unpaired) electrons. The molecule has 0 saturated heterocycles. The van der Waals surface area contributed by atoms with Crippen LogP contribution in [0.1, 0.15) is 6.92 Å². The largest absolute Gasteiger partial charge is 0.356 e. The van der Waals surface area contributed by atoms with Crippen molar-refractivity contribution in [1.82, 2.24) is 9.55 Å². The molecule has 0 saturated carbocycles. The second-order valence-electron chi connectivity index (χ2n) is 3.29. The summed E-state index contributed by atoms with van der Waals surface area (Å²) in [7, 11) is 1.94. The minimum absolute atomic E-state index is 0.261. The molecule has 0 spiro atoms. The Kier molecular flexibility index (Phi) is 1.80. The van der Waals surface area contributed by atoms with Crippen LogP contribution in [0.5, 0.6) is 0 Å². The Bertz CT molecular complexity index is 401. The molecule has 1 unspecified atom stereocenters. The standard InChI is InChI=1S/C8H10ClN3O/c1-5-4-12-7(11(5)2)3-6(9)10-8(12)13/h3,5H,4H2,1-2H3. The number of aromatic nitrogens is 2. The molecule has 2 heterocycles. The molecule has 0 aliphatic carbocycles. The molecule has 13 heavy (non-hydrogen) atoms. The lowest BCUT2D eigenvalue weighted by atomic mass is 10.3. The van der Waals surface area contributed by atoms with Gasteiger partial charge in [0.25, 0.3) is 0 Å². The van der Waals surface area contributed by atoms with Gasteiger partial charge in [0.1, 0.15) is 11.0 Å². The van der Waals surface area contributed by atoms with Gasteiger partial charge in [0, 0.05) is 25.7 Å². The highest BCUT2D eigenvalue weighted by Crippen LogP contribution is 2.23. The zero-order valence-electron chi connectivity index (χ0n) is 7.49. The lowest BCUT2D eigenvalue weighted by Crippen LogP contribution is -2.23. The summed E-state index contributed by atoms with van der Waals surface area (Å²) in [5, 5.41) is 0.261. The topological polar surface area (TPSA) is 38.1 Å². The molecular weight excluding hydrogens is 190 g/mol. The van der Waals surface area contributed by atoms with Crippen LogP contribution in [0, 0.1) is 0 Å². The zero-order chi connectivity index (χ0) is 9.59. The third kappa shape index (κ3) is 1.21. The van der Waals surface area contributed by atoms with Gasteiger partial charge in [-0.05, 0) is 6.92 Å². The van der Waals surface area contributed by atoms with E-state index >= 15 is 0 Å². The minimum Gasteiger partial charge on any atom is -0.356 e. The fourth-order valence-corrected chi connectivity index (χ4v) is 1.71. The van der Waals surface area contributed by atoms with Gasteiger partial charge in [-0.15, -0.1) is 0 Å². The molecule has 1 aromatic heterocycles. The van der Waals surface area contributed by atoms with Gasteiger partial charge in [0.2, 0.25) is 0 Å². The molecule has 0 N–H and O–H groups in total. The normalized spacial score (nSPS) is 20.5. The first kappa shape index (κ1) is 8.56. The fourth-order valence-electron chi connectivity index (χ4n) is 1.54. The quantitative estimate of drug-likeness (QED) is 0.579. The molecule has 1 aromatic rings. The van der Waals surface area contributed by atoms with Gasteiger partial charge in [-0.1, -0.05) is 11.6 Å². The first-order valence-electron chi connectivity index (χ1n) is 4.10. The van der Waals surface area contributed by atoms with E-state index in [9.17, 15) is 4.79 Å². The van der Waals surface area contributed by atoms with Crippen LogP contribution in [-0.4, -0.2) is 22.6 Å². The van der Waals surface area contributed by atoms with Gasteiger partial charge < -0.3 is 4.90 Å². The molecule has 70 valence electrons. The average Bonchev–Trinajstić information content (AvgIpc) is 2.32. The van der Waals surface area contributed by atoms with Crippen LogP contribution in [-0.2, 0) is 6.54 Å². The summed E-state index contributed by atoms with van der Waals surface area (Å²) in [5.41, 5.74) is -0.265. The van der Waals surface area contributed by atoms with E-state index in [2.05, 4.69) is 11.9 Å². The molecule has 1 aliphatic rings. The molecule has 4 nitrogen and oxygen atoms in total. The smallest absolute Gasteiger partial charge is 0.350 e. The van der Waals surface area contributed by atoms with Crippen LogP contribution in [0.4, 0.5) is 5.82 Å². The Hall–Kier alpha value is -1.03. The number of nitrogens with zero attached hydrogens (tertiary/aromatic N) is 3. The summed E-state index contributed by atoms with van der Waals surface area (Å²) in [6, 6.07) is 2.04. The Morgan fingerprint density at radius 2 is 2.38 bits per heavy atom. The van der Waals surface area contributed by atoms with E-state index in [1.807, 2.05) is 11.9 Å². The van der Waals surface area contributed by atoms with E-state index in [1.165, 1.54) is 0 Å². The van der Waals surface area contributed by atoms with Crippen molar-refractivity contribution in [3.05, 3.63) is 21.7 Å². The van der Waals surface area contributed by atoms with Crippen LogP contribution in [0.2, 0.25) is 5.15 Å². The number of fused-ring (bicyclic) bond motifs is 1. The third-order valence-corrected chi connectivity index (χ3v) is 2.62. The predicted octanol–water partition coefficient (Wildman–Crippen LogP) is 0.735. The highest BCUT2D eigenvalue weighted by atomic mass is 35.5. The first-order chi connectivity index (χ1) is 6.09. The van der Waals surface area contributed by atoms with Crippen molar-refractivity contribution >= 4 is 17.4 Å². The Morgan fingerprint density at radius 3 is 3.08 bits per heavy atom. The number of rotatable bonds is 0. The monoisotopic (exact) mass is 199 g/mol. The lowest BCUT2D eigenvalue weighted by Gasteiger charge is -2.15. The Labute approximate surface area is 80.8 Å². The van der Waals surface area contributed by atoms with Crippen molar-refractivity contribution < 1.29 is 0 Å². The van der Waals surface area contributed by atoms with Crippen LogP contribution >= 0.6 is 11.6 Å². The minimum atomic E-state index is -0.265. The lowest BCUT2D eigenvalue weighted by molar-refractivity contribution is 0.632. The summed E-state index contributed by atoms with van der Waals surface area (Å²) >= 11 is 5.69. The van der Waals surface area contributed by atoms with Crippen molar-refractivity contribution in [2.24, 2.45) is 0 Å². The van der Waals surface area contributed by atoms with E-state index in [1.54, 1.807) is 10.6 Å². The molecule has 1 atom stereocenters. The van der Waals surface area contributed by atoms with Crippen molar-refractivity contribution in [3.8, 4) is 0 Å². The Balaban J connectivity index is 2.64. The van der Waals surface area contributed by atoms with Gasteiger partial charge >= 0.3 is 5.69 Å². The SMILES string of the molecule is CC1Cn2c(cc(Cl)nc2=O)N1C. The number of anilines is 1. The van der Waals surface area contributed by atoms with Crippen molar-refractivity contribution in [1.29, 1.82) is 0 Å². The summed E-state index contributed by atoms with van der Waals surface area (Å²) in [4.78, 5) is 17.0. The number of halogens is 1. The van der Waals surface area contributed by atoms with Crippen LogP contribution in [0.3, 0.4) is 0 Å². The molecular formula is C8H10ClN3O. The van der Waals surface area contributed by atoms with Gasteiger partial charge in [0.05, 0.1) is 0 Å². The molecule has 5 heteroatoms. The molecule has 2 rings (SSSR count). The summed E-state index contributed by atoms with van der Waals surface area (Å²) in [5.74, 6) is 0.845. The van der Waals surface area contributed by atoms with Crippen LogP contribution in [0.15, 0.2) is 10.9 Å². The van der Waals surface area contributed by atoms with E-state index in [0.717, 1.165) is 5.82 Å². The number of hydrogen-bond acceptors (Lipinski definition) is 3. The van der Waals surface area contributed by atoms with Gasteiger partial charge in [-0.25, -0.2) is 4.79 Å². The fraction of sp³-hybridized carbons (Fsp3) is 0.500. The molecule has 0 aromatic carbocycles. The summed E-state index contributed by atoms with van der Waals surface area (Å²) in [6.45, 7) is 2.75. The van der Waals surface area contributed by atoms with Gasteiger partial charge in [-0.2, -0.15) is 4.98 Å². The summed E-state index contributed by atoms with van der Waals surface area (Å²) in [6.07, 6.45) is 0. The van der Waals surface area contributed by atoms with E-state index in [4.69, 9.17) is 11.6 Å². The molecule has 0 bridgehead atoms. The highest BCUT2D eigenvalue weighted by Gasteiger charge is 2.24. The number of hydrogen-bond donors (Lipinski definition) is 0. The van der Waals surface area contributed by atoms with Crippen molar-refractivity contribution in [3.63, 3.8) is 0 Å². The Morgan fingerprint density at radius 1 is 1.69 bits per heavy atom. The second kappa shape index (κ2) is 2.73. The molecule has 0 amide bonds. The maximum absolute atomic E-state index is 11.4. The number of likely N-dealkylation sites (N-methyl/N-ethyl adjacent to an activating group) is 1. The van der Waals surface area contributed by atoms with Crippen LogP contribution < -0.4 is 10.6 Å². The van der Waals surface area contributed by atoms with E-state index < -0.39 is 0 Å². The van der Waals surface area contributed by atoms with Crippen molar-refractivity contribution in [2.45, 2.75) is 19.5 Å². The second-order valence-corrected chi connectivity index (χ2v) is 3.68. The average molecular weight is 200 g/mol. The zero-order valence-corrected chi connectivity index (χ0v) is 8.25. The third-order valence-electron chi connectivity index (χ3n) is 2.43. The summed E-state index contributed by atoms with van der Waals surface area (Å²) < 4.78 is 1.64. The maximum atomic E-state index is 11.4. The van der Waals surface area contributed by atoms with Gasteiger partial charge in [-0.3, -0.25) is 4.57 Å². The molecule has 1 aliphatic heterocycles. The predicted molar refractivity (Wildman–Crippen MR) is 51.4 cm³/mol. The van der Waals surface area contributed by atoms with E-state index in [0.29, 0.717) is 12.6 Å².